The van der Waals surface area contributed by atoms with Gasteiger partial charge in [0.05, 0.1) is 5.92 Å². The minimum absolute atomic E-state index is 0.0217. The van der Waals surface area contributed by atoms with Gasteiger partial charge in [-0.25, -0.2) is 14.4 Å². The van der Waals surface area contributed by atoms with Gasteiger partial charge in [-0.3, -0.25) is 4.79 Å². The third-order valence-electron chi connectivity index (χ3n) is 5.35. The predicted molar refractivity (Wildman–Crippen MR) is 124 cm³/mol. The molecule has 5 heteroatoms. The van der Waals surface area contributed by atoms with Gasteiger partial charge in [0.25, 0.3) is 0 Å². The summed E-state index contributed by atoms with van der Waals surface area (Å²) in [6.45, 7) is 10.2. The first-order valence-corrected chi connectivity index (χ1v) is 11.0. The van der Waals surface area contributed by atoms with Crippen molar-refractivity contribution in [2.45, 2.75) is 59.0 Å². The predicted octanol–water partition coefficient (Wildman–Crippen LogP) is 5.99. The summed E-state index contributed by atoms with van der Waals surface area (Å²) in [6, 6.07) is 14.6. The standard InChI is InChI=1S/C27H31FN2O2/c1-18(2)24(22-15-29-26(30-16-22)27(3,4)5)25(31)32-17-20-11-12-23(28)21(14-20)13-19-9-7-6-8-10-19/h6-12,14-16,18,24H,13,17H2,1-5H3. The lowest BCUT2D eigenvalue weighted by Gasteiger charge is -2.21. The normalized spacial score (nSPS) is 12.6. The minimum atomic E-state index is -0.465. The van der Waals surface area contributed by atoms with Crippen LogP contribution < -0.4 is 0 Å². The average Bonchev–Trinajstić information content (AvgIpc) is 2.74. The zero-order valence-corrected chi connectivity index (χ0v) is 19.4. The van der Waals surface area contributed by atoms with Gasteiger partial charge in [-0.05, 0) is 34.7 Å². The lowest BCUT2D eigenvalue weighted by Crippen LogP contribution is -2.22. The first kappa shape index (κ1) is 23.6. The summed E-state index contributed by atoms with van der Waals surface area (Å²) in [4.78, 5) is 21.8. The molecular weight excluding hydrogens is 403 g/mol. The van der Waals surface area contributed by atoms with Crippen molar-refractivity contribution in [2.75, 3.05) is 0 Å². The molecule has 3 rings (SSSR count). The molecule has 0 aliphatic rings. The Morgan fingerprint density at radius 2 is 1.66 bits per heavy atom. The summed E-state index contributed by atoms with van der Waals surface area (Å²) in [5.74, 6) is -0.308. The van der Waals surface area contributed by atoms with Crippen LogP contribution in [0, 0.1) is 11.7 Å². The van der Waals surface area contributed by atoms with E-state index >= 15 is 0 Å². The number of aromatic nitrogens is 2. The second kappa shape index (κ2) is 10.0. The number of ether oxygens (including phenoxy) is 1. The largest absolute Gasteiger partial charge is 0.460 e. The number of nitrogens with zero attached hydrogens (tertiary/aromatic N) is 2. The molecule has 0 N–H and O–H groups in total. The number of hydrogen-bond acceptors (Lipinski definition) is 4. The third-order valence-corrected chi connectivity index (χ3v) is 5.35. The first-order chi connectivity index (χ1) is 15.1. The number of carbonyl (C=O) groups is 1. The van der Waals surface area contributed by atoms with Gasteiger partial charge in [0, 0.05) is 29.8 Å². The Morgan fingerprint density at radius 3 is 2.25 bits per heavy atom. The van der Waals surface area contributed by atoms with Gasteiger partial charge in [-0.15, -0.1) is 0 Å². The van der Waals surface area contributed by atoms with Crippen LogP contribution in [0.1, 0.15) is 68.6 Å². The summed E-state index contributed by atoms with van der Waals surface area (Å²) < 4.78 is 19.9. The van der Waals surface area contributed by atoms with Crippen molar-refractivity contribution in [3.8, 4) is 0 Å². The van der Waals surface area contributed by atoms with Crippen molar-refractivity contribution in [3.63, 3.8) is 0 Å². The van der Waals surface area contributed by atoms with E-state index in [1.165, 1.54) is 6.07 Å². The lowest BCUT2D eigenvalue weighted by atomic mass is 9.89. The van der Waals surface area contributed by atoms with Crippen LogP contribution in [-0.4, -0.2) is 15.9 Å². The molecule has 2 aromatic carbocycles. The molecule has 1 atom stereocenters. The molecule has 1 aromatic heterocycles. The fraction of sp³-hybridized carbons (Fsp3) is 0.370. The molecule has 168 valence electrons. The van der Waals surface area contributed by atoms with Crippen LogP contribution in [-0.2, 0) is 28.0 Å². The minimum Gasteiger partial charge on any atom is -0.460 e. The molecule has 3 aromatic rings. The molecule has 0 aliphatic heterocycles. The van der Waals surface area contributed by atoms with Crippen LogP contribution in [0.5, 0.6) is 0 Å². The number of halogens is 1. The third kappa shape index (κ3) is 6.00. The van der Waals surface area contributed by atoms with E-state index in [-0.39, 0.29) is 29.7 Å². The van der Waals surface area contributed by atoms with Gasteiger partial charge in [0.15, 0.2) is 0 Å². The van der Waals surface area contributed by atoms with E-state index in [1.807, 2.05) is 65.0 Å². The number of carbonyl (C=O) groups excluding carboxylic acids is 1. The maximum Gasteiger partial charge on any atom is 0.314 e. The summed E-state index contributed by atoms with van der Waals surface area (Å²) >= 11 is 0. The number of hydrogen-bond donors (Lipinski definition) is 0. The molecule has 32 heavy (non-hydrogen) atoms. The van der Waals surface area contributed by atoms with Gasteiger partial charge >= 0.3 is 5.97 Å². The van der Waals surface area contributed by atoms with Crippen molar-refractivity contribution in [2.24, 2.45) is 5.92 Å². The zero-order valence-electron chi connectivity index (χ0n) is 19.4. The number of rotatable bonds is 7. The van der Waals surface area contributed by atoms with Crippen LogP contribution in [0.25, 0.3) is 0 Å². The second-order valence-electron chi connectivity index (χ2n) is 9.51. The fourth-order valence-corrected chi connectivity index (χ4v) is 3.59. The van der Waals surface area contributed by atoms with Crippen LogP contribution in [0.4, 0.5) is 4.39 Å². The van der Waals surface area contributed by atoms with Crippen molar-refractivity contribution in [1.29, 1.82) is 0 Å². The van der Waals surface area contributed by atoms with Crippen LogP contribution in [0.3, 0.4) is 0 Å². The lowest BCUT2D eigenvalue weighted by molar-refractivity contribution is -0.148. The quantitative estimate of drug-likeness (QED) is 0.429. The smallest absolute Gasteiger partial charge is 0.314 e. The van der Waals surface area contributed by atoms with Crippen LogP contribution in [0.2, 0.25) is 0 Å². The highest BCUT2D eigenvalue weighted by Gasteiger charge is 2.27. The van der Waals surface area contributed by atoms with Crippen molar-refractivity contribution in [1.82, 2.24) is 9.97 Å². The van der Waals surface area contributed by atoms with Crippen molar-refractivity contribution < 1.29 is 13.9 Å². The van der Waals surface area contributed by atoms with Crippen molar-refractivity contribution in [3.05, 3.63) is 94.8 Å². The monoisotopic (exact) mass is 434 g/mol. The summed E-state index contributed by atoms with van der Waals surface area (Å²) in [5.41, 5.74) is 2.94. The van der Waals surface area contributed by atoms with E-state index < -0.39 is 5.92 Å². The zero-order chi connectivity index (χ0) is 23.3. The maximum absolute atomic E-state index is 14.3. The van der Waals surface area contributed by atoms with Gasteiger partial charge < -0.3 is 4.74 Å². The van der Waals surface area contributed by atoms with Gasteiger partial charge in [0.2, 0.25) is 0 Å². The average molecular weight is 435 g/mol. The van der Waals surface area contributed by atoms with E-state index in [0.717, 1.165) is 22.5 Å². The van der Waals surface area contributed by atoms with Crippen LogP contribution in [0.15, 0.2) is 60.9 Å². The highest BCUT2D eigenvalue weighted by Crippen LogP contribution is 2.27. The summed E-state index contributed by atoms with van der Waals surface area (Å²) in [7, 11) is 0. The van der Waals surface area contributed by atoms with E-state index in [9.17, 15) is 9.18 Å². The van der Waals surface area contributed by atoms with E-state index in [4.69, 9.17) is 4.74 Å². The molecular formula is C27H31FN2O2. The fourth-order valence-electron chi connectivity index (χ4n) is 3.59. The number of esters is 1. The number of benzene rings is 2. The Kier molecular flexibility index (Phi) is 7.39. The topological polar surface area (TPSA) is 52.1 Å². The Morgan fingerprint density at radius 1 is 1.00 bits per heavy atom. The molecule has 1 unspecified atom stereocenters. The molecule has 0 aliphatic carbocycles. The van der Waals surface area contributed by atoms with E-state index in [2.05, 4.69) is 9.97 Å². The Bertz CT molecular complexity index is 1040. The molecule has 0 spiro atoms. The summed E-state index contributed by atoms with van der Waals surface area (Å²) in [5, 5.41) is 0. The Balaban J connectivity index is 1.71. The maximum atomic E-state index is 14.3. The first-order valence-electron chi connectivity index (χ1n) is 11.0. The molecule has 1 heterocycles. The molecule has 0 bridgehead atoms. The van der Waals surface area contributed by atoms with Crippen LogP contribution >= 0.6 is 0 Å². The van der Waals surface area contributed by atoms with Gasteiger partial charge in [-0.1, -0.05) is 71.0 Å². The van der Waals surface area contributed by atoms with Gasteiger partial charge in [0.1, 0.15) is 18.2 Å². The molecule has 0 saturated heterocycles. The molecule has 0 saturated carbocycles. The highest BCUT2D eigenvalue weighted by atomic mass is 19.1. The van der Waals surface area contributed by atoms with Gasteiger partial charge in [-0.2, -0.15) is 0 Å². The molecule has 0 fully saturated rings. The van der Waals surface area contributed by atoms with E-state index in [0.29, 0.717) is 12.0 Å². The molecule has 0 amide bonds. The summed E-state index contributed by atoms with van der Waals surface area (Å²) in [6.07, 6.45) is 3.92. The highest BCUT2D eigenvalue weighted by molar-refractivity contribution is 5.78. The second-order valence-corrected chi connectivity index (χ2v) is 9.51. The molecule has 0 radical (unpaired) electrons. The van der Waals surface area contributed by atoms with Crippen molar-refractivity contribution >= 4 is 5.97 Å². The Hall–Kier alpha value is -3.08. The van der Waals surface area contributed by atoms with E-state index in [1.54, 1.807) is 24.5 Å². The SMILES string of the molecule is CC(C)C(C(=O)OCc1ccc(F)c(Cc2ccccc2)c1)c1cnc(C(C)(C)C)nc1. The molecule has 4 nitrogen and oxygen atoms in total. The Labute approximate surface area is 189 Å².